The Labute approximate surface area is 113 Å². The lowest BCUT2D eigenvalue weighted by atomic mass is 10.2. The fourth-order valence-corrected chi connectivity index (χ4v) is 1.55. The molecule has 2 N–H and O–H groups in total. The number of nitrogens with two attached hydrogens (primary N) is 1. The first-order valence-electron chi connectivity index (χ1n) is 5.87. The third-order valence-electron chi connectivity index (χ3n) is 2.34. The highest BCUT2D eigenvalue weighted by Crippen LogP contribution is 2.28. The lowest BCUT2D eigenvalue weighted by Gasteiger charge is -2.11. The average Bonchev–Trinajstić information content (AvgIpc) is 2.38. The molecule has 0 aliphatic heterocycles. The topological polar surface area (TPSA) is 53.7 Å². The van der Waals surface area contributed by atoms with Crippen molar-refractivity contribution >= 4 is 17.2 Å². The van der Waals surface area contributed by atoms with Crippen LogP contribution < -0.4 is 15.2 Å². The number of thiocarbonyl (C=S) groups is 1. The molecule has 4 nitrogen and oxygen atoms in total. The van der Waals surface area contributed by atoms with E-state index >= 15 is 0 Å². The Morgan fingerprint density at radius 1 is 1.28 bits per heavy atom. The van der Waals surface area contributed by atoms with Gasteiger partial charge in [0, 0.05) is 25.2 Å². The highest BCUT2D eigenvalue weighted by Gasteiger charge is 2.06. The Kier molecular flexibility index (Phi) is 6.46. The van der Waals surface area contributed by atoms with Crippen molar-refractivity contribution in [2.45, 2.75) is 13.3 Å². The second-order valence-electron chi connectivity index (χ2n) is 3.63. The Bertz CT molecular complexity index is 396. The van der Waals surface area contributed by atoms with Gasteiger partial charge in [-0.3, -0.25) is 0 Å². The number of benzene rings is 1. The van der Waals surface area contributed by atoms with E-state index in [0.29, 0.717) is 29.7 Å². The van der Waals surface area contributed by atoms with Crippen LogP contribution in [0.25, 0.3) is 0 Å². The van der Waals surface area contributed by atoms with Gasteiger partial charge in [0.05, 0.1) is 13.7 Å². The Morgan fingerprint density at radius 3 is 2.67 bits per heavy atom. The van der Waals surface area contributed by atoms with E-state index in [1.807, 2.05) is 19.1 Å². The van der Waals surface area contributed by atoms with Gasteiger partial charge in [-0.05, 0) is 25.1 Å². The number of hydrogen-bond donors (Lipinski definition) is 1. The van der Waals surface area contributed by atoms with E-state index in [-0.39, 0.29) is 0 Å². The van der Waals surface area contributed by atoms with Gasteiger partial charge in [0.2, 0.25) is 0 Å². The van der Waals surface area contributed by atoms with E-state index in [9.17, 15) is 0 Å². The molecule has 0 heterocycles. The van der Waals surface area contributed by atoms with Crippen LogP contribution in [0.3, 0.4) is 0 Å². The van der Waals surface area contributed by atoms with Gasteiger partial charge in [-0.2, -0.15) is 0 Å². The Hall–Kier alpha value is -1.33. The molecule has 0 aliphatic carbocycles. The molecule has 18 heavy (non-hydrogen) atoms. The maximum Gasteiger partial charge on any atom is 0.161 e. The molecule has 0 atom stereocenters. The quantitative estimate of drug-likeness (QED) is 0.579. The van der Waals surface area contributed by atoms with Crippen molar-refractivity contribution in [1.82, 2.24) is 0 Å². The first kappa shape index (κ1) is 14.7. The molecule has 0 radical (unpaired) electrons. The molecule has 0 fully saturated rings. The van der Waals surface area contributed by atoms with Gasteiger partial charge in [-0.15, -0.1) is 0 Å². The maximum absolute atomic E-state index is 5.62. The number of ether oxygens (including phenoxy) is 3. The van der Waals surface area contributed by atoms with E-state index in [2.05, 4.69) is 0 Å². The Morgan fingerprint density at radius 2 is 2.06 bits per heavy atom. The highest BCUT2D eigenvalue weighted by atomic mass is 32.1. The molecule has 0 saturated heterocycles. The van der Waals surface area contributed by atoms with Crippen molar-refractivity contribution in [2.75, 3.05) is 26.9 Å². The summed E-state index contributed by atoms with van der Waals surface area (Å²) < 4.78 is 16.1. The molecular formula is C13H19NO3S. The highest BCUT2D eigenvalue weighted by molar-refractivity contribution is 7.80. The number of methoxy groups -OCH3 is 1. The lowest BCUT2D eigenvalue weighted by molar-refractivity contribution is 0.130. The smallest absolute Gasteiger partial charge is 0.161 e. The minimum absolute atomic E-state index is 0.344. The summed E-state index contributed by atoms with van der Waals surface area (Å²) in [6, 6.07) is 5.41. The van der Waals surface area contributed by atoms with Crippen molar-refractivity contribution in [3.8, 4) is 11.5 Å². The van der Waals surface area contributed by atoms with Gasteiger partial charge in [0.1, 0.15) is 4.99 Å². The number of hydrogen-bond acceptors (Lipinski definition) is 4. The molecule has 0 spiro atoms. The van der Waals surface area contributed by atoms with Crippen LogP contribution in [0.1, 0.15) is 18.9 Å². The normalized spacial score (nSPS) is 10.1. The largest absolute Gasteiger partial charge is 0.493 e. The van der Waals surface area contributed by atoms with Gasteiger partial charge >= 0.3 is 0 Å². The van der Waals surface area contributed by atoms with Gasteiger partial charge < -0.3 is 19.9 Å². The fraction of sp³-hybridized carbons (Fsp3) is 0.462. The summed E-state index contributed by atoms with van der Waals surface area (Å²) in [7, 11) is 1.59. The van der Waals surface area contributed by atoms with Crippen molar-refractivity contribution in [2.24, 2.45) is 5.73 Å². The molecule has 1 aromatic rings. The monoisotopic (exact) mass is 269 g/mol. The first-order chi connectivity index (χ1) is 8.69. The molecular weight excluding hydrogens is 250 g/mol. The minimum Gasteiger partial charge on any atom is -0.493 e. The predicted octanol–water partition coefficient (Wildman–Crippen LogP) is 2.13. The molecule has 0 amide bonds. The van der Waals surface area contributed by atoms with Gasteiger partial charge in [-0.1, -0.05) is 12.2 Å². The van der Waals surface area contributed by atoms with Crippen molar-refractivity contribution in [1.29, 1.82) is 0 Å². The van der Waals surface area contributed by atoms with E-state index < -0.39 is 0 Å². The van der Waals surface area contributed by atoms with Gasteiger partial charge in [0.25, 0.3) is 0 Å². The van der Waals surface area contributed by atoms with Crippen LogP contribution in [-0.4, -0.2) is 31.9 Å². The molecule has 1 aromatic carbocycles. The summed E-state index contributed by atoms with van der Waals surface area (Å²) in [5.41, 5.74) is 6.33. The summed E-state index contributed by atoms with van der Waals surface area (Å²) in [5.74, 6) is 1.32. The van der Waals surface area contributed by atoms with E-state index in [1.54, 1.807) is 13.2 Å². The zero-order valence-electron chi connectivity index (χ0n) is 10.8. The molecule has 100 valence electrons. The average molecular weight is 269 g/mol. The fourth-order valence-electron chi connectivity index (χ4n) is 1.43. The molecule has 1 rings (SSSR count). The molecule has 0 saturated carbocycles. The molecule has 5 heteroatoms. The summed E-state index contributed by atoms with van der Waals surface area (Å²) in [6.07, 6.45) is 0.841. The minimum atomic E-state index is 0.344. The SMILES string of the molecule is CCOCCCOc1ccc(C(N)=S)cc1OC. The van der Waals surface area contributed by atoms with E-state index in [4.69, 9.17) is 32.2 Å². The van der Waals surface area contributed by atoms with Crippen molar-refractivity contribution < 1.29 is 14.2 Å². The van der Waals surface area contributed by atoms with Crippen LogP contribution >= 0.6 is 12.2 Å². The predicted molar refractivity (Wildman–Crippen MR) is 75.5 cm³/mol. The van der Waals surface area contributed by atoms with Crippen molar-refractivity contribution in [3.05, 3.63) is 23.8 Å². The summed E-state index contributed by atoms with van der Waals surface area (Å²) in [4.78, 5) is 0.344. The lowest BCUT2D eigenvalue weighted by Crippen LogP contribution is -2.10. The summed E-state index contributed by atoms with van der Waals surface area (Å²) in [5, 5.41) is 0. The van der Waals surface area contributed by atoms with Crippen molar-refractivity contribution in [3.63, 3.8) is 0 Å². The van der Waals surface area contributed by atoms with Gasteiger partial charge in [-0.25, -0.2) is 0 Å². The van der Waals surface area contributed by atoms with E-state index in [0.717, 1.165) is 18.6 Å². The second-order valence-corrected chi connectivity index (χ2v) is 4.07. The maximum atomic E-state index is 5.62. The Balaban J connectivity index is 2.57. The van der Waals surface area contributed by atoms with Crippen LogP contribution in [0.2, 0.25) is 0 Å². The third kappa shape index (κ3) is 4.50. The molecule has 0 aliphatic rings. The first-order valence-corrected chi connectivity index (χ1v) is 6.28. The number of rotatable bonds is 8. The molecule has 0 unspecified atom stereocenters. The molecule has 0 bridgehead atoms. The standard InChI is InChI=1S/C13H19NO3S/c1-3-16-7-4-8-17-11-6-5-10(13(14)18)9-12(11)15-2/h5-6,9H,3-4,7-8H2,1-2H3,(H2,14,18). The van der Waals surface area contributed by atoms with Gasteiger partial charge in [0.15, 0.2) is 11.5 Å². The summed E-state index contributed by atoms with van der Waals surface area (Å²) >= 11 is 4.91. The zero-order valence-corrected chi connectivity index (χ0v) is 11.6. The molecule has 0 aromatic heterocycles. The van der Waals surface area contributed by atoms with E-state index in [1.165, 1.54) is 0 Å². The van der Waals surface area contributed by atoms with Crippen LogP contribution in [0, 0.1) is 0 Å². The van der Waals surface area contributed by atoms with Crippen LogP contribution in [0.5, 0.6) is 11.5 Å². The summed E-state index contributed by atoms with van der Waals surface area (Å²) in [6.45, 7) is 3.98. The van der Waals surface area contributed by atoms with Crippen LogP contribution in [0.15, 0.2) is 18.2 Å². The van der Waals surface area contributed by atoms with Crippen LogP contribution in [0.4, 0.5) is 0 Å². The third-order valence-corrected chi connectivity index (χ3v) is 2.58. The van der Waals surface area contributed by atoms with Crippen LogP contribution in [-0.2, 0) is 4.74 Å². The second kappa shape index (κ2) is 7.89. The zero-order chi connectivity index (χ0) is 13.4.